The molecule has 0 aliphatic heterocycles. The Labute approximate surface area is 148 Å². The molecule has 0 aromatic carbocycles. The first-order chi connectivity index (χ1) is 11.2. The fourth-order valence-electron chi connectivity index (χ4n) is 3.94. The van der Waals surface area contributed by atoms with Crippen molar-refractivity contribution >= 4 is 38.9 Å². The van der Waals surface area contributed by atoms with Crippen molar-refractivity contribution in [2.45, 2.75) is 42.0 Å². The number of hydrogen-bond acceptors (Lipinski definition) is 5. The second-order valence-electron chi connectivity index (χ2n) is 6.48. The lowest BCUT2D eigenvalue weighted by Gasteiger charge is -2.34. The van der Waals surface area contributed by atoms with Crippen molar-refractivity contribution in [1.29, 1.82) is 0 Å². The molecule has 4 atom stereocenters. The summed E-state index contributed by atoms with van der Waals surface area (Å²) in [6, 6.07) is 3.04. The maximum absolute atomic E-state index is 12.9. The summed E-state index contributed by atoms with van der Waals surface area (Å²) in [6.07, 6.45) is 0.942. The first-order valence-electron chi connectivity index (χ1n) is 7.47. The molecule has 130 valence electrons. The zero-order valence-electron chi connectivity index (χ0n) is 12.4. The summed E-state index contributed by atoms with van der Waals surface area (Å²) in [5.74, 6) is -0.0980. The zero-order chi connectivity index (χ0) is 17.3. The Morgan fingerprint density at radius 1 is 1.38 bits per heavy atom. The van der Waals surface area contributed by atoms with Crippen molar-refractivity contribution < 1.29 is 18.6 Å². The monoisotopic (exact) mass is 391 g/mol. The third-order valence-corrected chi connectivity index (χ3v) is 7.24. The van der Waals surface area contributed by atoms with Gasteiger partial charge in [-0.3, -0.25) is 4.40 Å². The standard InChI is InChI=1S/C14H15Cl2N3O4S/c15-8-2-4-19-9(5-8)17-12(16)13(19)24(22,23)18-14-3-1-7(6-14)10(20)11(14)21/h2,4-5,7,10-11,18,20-21H,1,3,6H2/t7?,10-,11-,14?/m0/s1. The number of imidazole rings is 1. The van der Waals surface area contributed by atoms with Gasteiger partial charge in [0.25, 0.3) is 10.0 Å². The summed E-state index contributed by atoms with van der Waals surface area (Å²) >= 11 is 11.9. The van der Waals surface area contributed by atoms with Crippen LogP contribution < -0.4 is 4.72 Å². The average Bonchev–Trinajstić information content (AvgIpc) is 3.11. The quantitative estimate of drug-likeness (QED) is 0.728. The van der Waals surface area contributed by atoms with Crippen LogP contribution in [0.5, 0.6) is 0 Å². The van der Waals surface area contributed by atoms with Crippen LogP contribution in [0, 0.1) is 5.92 Å². The van der Waals surface area contributed by atoms with E-state index in [0.29, 0.717) is 29.9 Å². The highest BCUT2D eigenvalue weighted by Crippen LogP contribution is 2.48. The number of hydrogen-bond donors (Lipinski definition) is 3. The van der Waals surface area contributed by atoms with Crippen molar-refractivity contribution in [1.82, 2.24) is 14.1 Å². The van der Waals surface area contributed by atoms with Crippen molar-refractivity contribution in [3.63, 3.8) is 0 Å². The Bertz CT molecular complexity index is 931. The first-order valence-corrected chi connectivity index (χ1v) is 9.71. The summed E-state index contributed by atoms with van der Waals surface area (Å²) in [6.45, 7) is 0. The number of nitrogens with one attached hydrogen (secondary N) is 1. The SMILES string of the molecule is O=S(=O)(NC12CCC(C1)[C@H](O)[C@@H]2O)c1c(Cl)nc2cc(Cl)ccn12. The predicted molar refractivity (Wildman–Crippen MR) is 87.6 cm³/mol. The van der Waals surface area contributed by atoms with E-state index in [9.17, 15) is 18.6 Å². The van der Waals surface area contributed by atoms with Gasteiger partial charge in [0, 0.05) is 17.3 Å². The molecule has 0 radical (unpaired) electrons. The molecule has 2 bridgehead atoms. The van der Waals surface area contributed by atoms with Crippen LogP contribution in [-0.2, 0) is 10.0 Å². The van der Waals surface area contributed by atoms with E-state index in [0.717, 1.165) is 0 Å². The number of nitrogens with zero attached hydrogens (tertiary/aromatic N) is 2. The third-order valence-electron chi connectivity index (χ3n) is 5.06. The molecule has 0 amide bonds. The van der Waals surface area contributed by atoms with Crippen LogP contribution in [0.4, 0.5) is 0 Å². The molecule has 2 saturated carbocycles. The van der Waals surface area contributed by atoms with Crippen molar-refractivity contribution in [3.05, 3.63) is 28.5 Å². The summed E-state index contributed by atoms with van der Waals surface area (Å²) in [5.41, 5.74) is -0.760. The molecule has 2 unspecified atom stereocenters. The average molecular weight is 392 g/mol. The highest BCUT2D eigenvalue weighted by Gasteiger charge is 2.59. The molecular formula is C14H15Cl2N3O4S. The first kappa shape index (κ1) is 16.6. The van der Waals surface area contributed by atoms with Crippen molar-refractivity contribution in [3.8, 4) is 0 Å². The molecule has 10 heteroatoms. The Hall–Kier alpha value is -0.900. The highest BCUT2D eigenvalue weighted by molar-refractivity contribution is 7.89. The van der Waals surface area contributed by atoms with Crippen LogP contribution in [0.3, 0.4) is 0 Å². The van der Waals surface area contributed by atoms with Gasteiger partial charge in [-0.2, -0.15) is 0 Å². The van der Waals surface area contributed by atoms with E-state index in [2.05, 4.69) is 9.71 Å². The van der Waals surface area contributed by atoms with Gasteiger partial charge in [0.2, 0.25) is 0 Å². The van der Waals surface area contributed by atoms with Crippen molar-refractivity contribution in [2.24, 2.45) is 5.92 Å². The number of aliphatic hydroxyl groups excluding tert-OH is 2. The van der Waals surface area contributed by atoms with E-state index in [1.54, 1.807) is 0 Å². The number of aromatic nitrogens is 2. The lowest BCUT2D eigenvalue weighted by Crippen LogP contribution is -2.56. The maximum atomic E-state index is 12.9. The Kier molecular flexibility index (Phi) is 3.66. The Morgan fingerprint density at radius 3 is 2.79 bits per heavy atom. The van der Waals surface area contributed by atoms with Crippen LogP contribution >= 0.6 is 23.2 Å². The van der Waals surface area contributed by atoms with E-state index < -0.39 is 27.8 Å². The molecule has 0 saturated heterocycles. The minimum absolute atomic E-state index is 0.0980. The summed E-state index contributed by atoms with van der Waals surface area (Å²) in [4.78, 5) is 4.02. The minimum Gasteiger partial charge on any atom is -0.390 e. The van der Waals surface area contributed by atoms with Crippen LogP contribution in [0.2, 0.25) is 10.2 Å². The topological polar surface area (TPSA) is 104 Å². The summed E-state index contributed by atoms with van der Waals surface area (Å²) in [7, 11) is -4.07. The lowest BCUT2D eigenvalue weighted by atomic mass is 9.90. The van der Waals surface area contributed by atoms with Crippen LogP contribution in [0.15, 0.2) is 23.4 Å². The second kappa shape index (κ2) is 5.30. The van der Waals surface area contributed by atoms with Crippen LogP contribution in [0.25, 0.3) is 5.65 Å². The van der Waals surface area contributed by atoms with Crippen molar-refractivity contribution in [2.75, 3.05) is 0 Å². The molecule has 7 nitrogen and oxygen atoms in total. The summed E-state index contributed by atoms with van der Waals surface area (Å²) in [5, 5.41) is 20.3. The largest absolute Gasteiger partial charge is 0.390 e. The lowest BCUT2D eigenvalue weighted by molar-refractivity contribution is -0.0283. The fraction of sp³-hybridized carbons (Fsp3) is 0.500. The number of halogens is 2. The molecule has 4 rings (SSSR count). The molecule has 2 aliphatic rings. The van der Waals surface area contributed by atoms with E-state index in [1.165, 1.54) is 22.7 Å². The summed E-state index contributed by atoms with van der Waals surface area (Å²) < 4.78 is 29.7. The van der Waals surface area contributed by atoms with E-state index in [-0.39, 0.29) is 16.1 Å². The van der Waals surface area contributed by atoms with E-state index >= 15 is 0 Å². The number of sulfonamides is 1. The van der Waals surface area contributed by atoms with Gasteiger partial charge >= 0.3 is 0 Å². The van der Waals surface area contributed by atoms with E-state index in [1.807, 2.05) is 0 Å². The number of aliphatic hydroxyl groups is 2. The van der Waals surface area contributed by atoms with Gasteiger partial charge in [-0.15, -0.1) is 0 Å². The van der Waals surface area contributed by atoms with E-state index in [4.69, 9.17) is 23.2 Å². The molecule has 0 spiro atoms. The third kappa shape index (κ3) is 2.28. The molecule has 3 N–H and O–H groups in total. The maximum Gasteiger partial charge on any atom is 0.260 e. The molecule has 2 heterocycles. The Balaban J connectivity index is 1.78. The molecule has 2 aliphatic carbocycles. The van der Waals surface area contributed by atoms with Crippen LogP contribution in [-0.4, -0.2) is 45.8 Å². The predicted octanol–water partition coefficient (Wildman–Crippen LogP) is 1.19. The number of pyridine rings is 1. The van der Waals surface area contributed by atoms with Gasteiger partial charge in [0.1, 0.15) is 5.65 Å². The number of rotatable bonds is 3. The highest BCUT2D eigenvalue weighted by atomic mass is 35.5. The second-order valence-corrected chi connectivity index (χ2v) is 8.87. The Morgan fingerprint density at radius 2 is 2.12 bits per heavy atom. The molecular weight excluding hydrogens is 377 g/mol. The van der Waals surface area contributed by atoms with Gasteiger partial charge in [-0.1, -0.05) is 23.2 Å². The minimum atomic E-state index is -4.07. The molecule has 2 aromatic rings. The van der Waals surface area contributed by atoms with Gasteiger partial charge in [0.15, 0.2) is 10.2 Å². The van der Waals surface area contributed by atoms with Gasteiger partial charge in [-0.25, -0.2) is 18.1 Å². The fourth-order valence-corrected chi connectivity index (χ4v) is 6.19. The normalized spacial score (nSPS) is 32.8. The van der Waals surface area contributed by atoms with Gasteiger partial charge in [0.05, 0.1) is 17.7 Å². The van der Waals surface area contributed by atoms with Gasteiger partial charge in [-0.05, 0) is 31.2 Å². The molecule has 24 heavy (non-hydrogen) atoms. The number of fused-ring (bicyclic) bond motifs is 3. The smallest absolute Gasteiger partial charge is 0.260 e. The van der Waals surface area contributed by atoms with Crippen LogP contribution in [0.1, 0.15) is 19.3 Å². The zero-order valence-corrected chi connectivity index (χ0v) is 14.7. The molecule has 2 aromatic heterocycles. The van der Waals surface area contributed by atoms with Gasteiger partial charge < -0.3 is 10.2 Å². The molecule has 2 fully saturated rings.